The molecule has 0 aromatic rings. The first-order valence-corrected chi connectivity index (χ1v) is 14.3. The predicted octanol–water partition coefficient (Wildman–Crippen LogP) is 8.16. The molecule has 0 aliphatic heterocycles. The third-order valence-electron chi connectivity index (χ3n) is 9.61. The van der Waals surface area contributed by atoms with E-state index in [0.717, 1.165) is 32.1 Å². The molecule has 0 radical (unpaired) electrons. The molecule has 3 saturated carbocycles. The fourth-order valence-electron chi connectivity index (χ4n) is 7.98. The number of alkyl halides is 2. The molecule has 0 aromatic carbocycles. The second kappa shape index (κ2) is 11.2. The third-order valence-corrected chi connectivity index (χ3v) is 9.96. The minimum atomic E-state index is -1.87. The van der Waals surface area contributed by atoms with Crippen LogP contribution in [0.5, 0.6) is 0 Å². The van der Waals surface area contributed by atoms with Crippen molar-refractivity contribution in [2.75, 3.05) is 0 Å². The maximum Gasteiger partial charge on any atom is 0.376 e. The van der Waals surface area contributed by atoms with E-state index in [4.69, 9.17) is 10.2 Å². The van der Waals surface area contributed by atoms with E-state index in [9.17, 15) is 24.6 Å². The van der Waals surface area contributed by atoms with E-state index in [-0.39, 0.29) is 47.1 Å². The Morgan fingerprint density at radius 3 is 2.21 bits per heavy atom. The van der Waals surface area contributed by atoms with E-state index in [1.807, 2.05) is 0 Å². The monoisotopic (exact) mass is 558 g/mol. The minimum Gasteiger partial charge on any atom is -0.507 e. The summed E-state index contributed by atoms with van der Waals surface area (Å²) in [6.45, 7) is 8.01. The standard InChI is InChI=1S/C26H38F2O3.C2H2O4S/c1-5-6-7-8-9-16-20-19(27)13-18-17-12-15(2)14-24(17,3)10-11-26(18,28)25(20,4)23(31)22(30)21(16)29;3-1(4)7-2(5)6/h15,17-19,30-31H,5-14H2,1-4H3;(H,3,4)(H,5,6)/t15-,17+,18+,19+,24-,25-,26-;/m1./s1. The van der Waals surface area contributed by atoms with Crippen LogP contribution in [-0.2, 0) is 4.79 Å². The first-order valence-electron chi connectivity index (χ1n) is 13.5. The Morgan fingerprint density at radius 2 is 1.66 bits per heavy atom. The van der Waals surface area contributed by atoms with Gasteiger partial charge in [0.1, 0.15) is 11.8 Å². The number of unbranched alkanes of at least 4 members (excludes halogenated alkanes) is 3. The second-order valence-corrected chi connectivity index (χ2v) is 12.9. The van der Waals surface area contributed by atoms with Crippen LogP contribution < -0.4 is 0 Å². The van der Waals surface area contributed by atoms with Gasteiger partial charge in [-0.1, -0.05) is 40.0 Å². The van der Waals surface area contributed by atoms with E-state index in [0.29, 0.717) is 25.2 Å². The van der Waals surface area contributed by atoms with Crippen molar-refractivity contribution in [3.05, 3.63) is 22.7 Å². The highest BCUT2D eigenvalue weighted by atomic mass is 32.2. The summed E-state index contributed by atoms with van der Waals surface area (Å²) in [5, 5.41) is 34.1. The van der Waals surface area contributed by atoms with Gasteiger partial charge in [-0.15, -0.1) is 0 Å². The largest absolute Gasteiger partial charge is 0.507 e. The Balaban J connectivity index is 0.000000505. The number of halogens is 2. The first-order chi connectivity index (χ1) is 17.6. The number of aliphatic hydroxyl groups excluding tert-OH is 2. The summed E-state index contributed by atoms with van der Waals surface area (Å²) in [5.74, 6) is -2.16. The number of carbonyl (C=O) groups is 3. The number of aliphatic hydroxyl groups is 2. The van der Waals surface area contributed by atoms with Crippen LogP contribution in [0.4, 0.5) is 18.4 Å². The number of thioether (sulfide) groups is 1. The molecule has 4 aliphatic rings. The van der Waals surface area contributed by atoms with Gasteiger partial charge in [-0.2, -0.15) is 0 Å². The zero-order valence-electron chi connectivity index (χ0n) is 22.6. The van der Waals surface area contributed by atoms with Crippen LogP contribution in [-0.4, -0.2) is 48.7 Å². The number of carbonyl (C=O) groups excluding carboxylic acids is 1. The molecule has 7 nitrogen and oxygen atoms in total. The smallest absolute Gasteiger partial charge is 0.376 e. The van der Waals surface area contributed by atoms with Crippen LogP contribution in [0, 0.1) is 28.6 Å². The molecule has 10 heteroatoms. The SMILES string of the molecule is CCCCCCC1=C2[C@@H](F)C[C@H]3[C@@H]4C[C@@H](C)C[C@@]4(C)CC[C@]3(F)[C@@]2(C)C(O)=C(O)C1=O.O=C(O)SC(=O)O. The van der Waals surface area contributed by atoms with E-state index in [1.54, 1.807) is 0 Å². The highest BCUT2D eigenvalue weighted by Crippen LogP contribution is 2.70. The van der Waals surface area contributed by atoms with Crippen molar-refractivity contribution in [2.24, 2.45) is 28.6 Å². The van der Waals surface area contributed by atoms with Crippen molar-refractivity contribution < 1.29 is 43.6 Å². The second-order valence-electron chi connectivity index (χ2n) is 12.0. The van der Waals surface area contributed by atoms with Crippen LogP contribution >= 0.6 is 11.8 Å². The van der Waals surface area contributed by atoms with Gasteiger partial charge in [-0.05, 0) is 74.7 Å². The molecule has 0 saturated heterocycles. The molecule has 38 heavy (non-hydrogen) atoms. The Kier molecular flexibility index (Phi) is 8.95. The summed E-state index contributed by atoms with van der Waals surface area (Å²) in [6.07, 6.45) is 5.33. The molecule has 0 bridgehead atoms. The van der Waals surface area contributed by atoms with Gasteiger partial charge in [-0.3, -0.25) is 4.79 Å². The van der Waals surface area contributed by atoms with Gasteiger partial charge in [0.05, 0.1) is 17.2 Å². The zero-order valence-corrected chi connectivity index (χ0v) is 23.4. The van der Waals surface area contributed by atoms with Crippen molar-refractivity contribution in [1.82, 2.24) is 0 Å². The lowest BCUT2D eigenvalue weighted by Gasteiger charge is -2.61. The summed E-state index contributed by atoms with van der Waals surface area (Å²) in [7, 11) is 0. The number of allylic oxidation sites excluding steroid dienone is 2. The minimum absolute atomic E-state index is 0.00812. The van der Waals surface area contributed by atoms with E-state index < -0.39 is 51.1 Å². The molecule has 214 valence electrons. The Morgan fingerprint density at radius 1 is 1.03 bits per heavy atom. The number of ketones is 1. The molecule has 4 rings (SSSR count). The molecule has 0 heterocycles. The molecule has 0 amide bonds. The topological polar surface area (TPSA) is 132 Å². The Bertz CT molecular complexity index is 1030. The predicted molar refractivity (Wildman–Crippen MR) is 141 cm³/mol. The summed E-state index contributed by atoms with van der Waals surface area (Å²) in [4.78, 5) is 31.7. The first kappa shape index (κ1) is 30.4. The van der Waals surface area contributed by atoms with Crippen molar-refractivity contribution in [1.29, 1.82) is 0 Å². The zero-order chi connectivity index (χ0) is 28.6. The van der Waals surface area contributed by atoms with Crippen molar-refractivity contribution in [2.45, 2.75) is 104 Å². The van der Waals surface area contributed by atoms with Gasteiger partial charge in [0.15, 0.2) is 5.76 Å². The van der Waals surface area contributed by atoms with Gasteiger partial charge in [0.2, 0.25) is 11.5 Å². The quantitative estimate of drug-likeness (QED) is 0.248. The van der Waals surface area contributed by atoms with Crippen LogP contribution in [0.3, 0.4) is 0 Å². The van der Waals surface area contributed by atoms with Gasteiger partial charge in [0, 0.05) is 11.5 Å². The van der Waals surface area contributed by atoms with E-state index in [1.165, 1.54) is 6.92 Å². The Labute approximate surface area is 226 Å². The maximum atomic E-state index is 17.2. The molecule has 4 N–H and O–H groups in total. The van der Waals surface area contributed by atoms with Gasteiger partial charge >= 0.3 is 10.6 Å². The van der Waals surface area contributed by atoms with Gasteiger partial charge < -0.3 is 20.4 Å². The van der Waals surface area contributed by atoms with Crippen LogP contribution in [0.15, 0.2) is 22.7 Å². The number of rotatable bonds is 5. The van der Waals surface area contributed by atoms with Crippen molar-refractivity contribution in [3.8, 4) is 0 Å². The number of carboxylic acid groups (broad SMARTS) is 2. The number of Topliss-reactive ketones (excluding diaryl/α,β-unsaturated/α-hetero) is 1. The third kappa shape index (κ3) is 5.09. The van der Waals surface area contributed by atoms with Crippen molar-refractivity contribution >= 4 is 28.1 Å². The van der Waals surface area contributed by atoms with Crippen LogP contribution in [0.2, 0.25) is 0 Å². The lowest BCUT2D eigenvalue weighted by Crippen LogP contribution is -2.63. The average molecular weight is 559 g/mol. The molecular formula is C28H40F2O7S. The highest BCUT2D eigenvalue weighted by Gasteiger charge is 2.71. The fourth-order valence-corrected chi connectivity index (χ4v) is 8.13. The van der Waals surface area contributed by atoms with Crippen LogP contribution in [0.25, 0.3) is 0 Å². The molecule has 0 aromatic heterocycles. The van der Waals surface area contributed by atoms with E-state index >= 15 is 8.78 Å². The maximum absolute atomic E-state index is 17.2. The lowest BCUT2D eigenvalue weighted by molar-refractivity contribution is -0.146. The Hall–Kier alpha value is -2.10. The van der Waals surface area contributed by atoms with E-state index in [2.05, 4.69) is 20.8 Å². The molecule has 7 atom stereocenters. The van der Waals surface area contributed by atoms with Gasteiger partial charge in [-0.25, -0.2) is 18.4 Å². The summed E-state index contributed by atoms with van der Waals surface area (Å²) in [5.41, 5.74) is -3.25. The number of hydrogen-bond acceptors (Lipinski definition) is 6. The fraction of sp³-hybridized carbons (Fsp3) is 0.750. The molecule has 0 spiro atoms. The molecule has 4 aliphatic carbocycles. The summed E-state index contributed by atoms with van der Waals surface area (Å²) < 4.78 is 33.1. The average Bonchev–Trinajstić information content (AvgIpc) is 3.13. The summed E-state index contributed by atoms with van der Waals surface area (Å²) >= 11 is -0.157. The summed E-state index contributed by atoms with van der Waals surface area (Å²) in [6, 6.07) is 0. The molecule has 0 unspecified atom stereocenters. The van der Waals surface area contributed by atoms with Gasteiger partial charge in [0.25, 0.3) is 0 Å². The van der Waals surface area contributed by atoms with Crippen LogP contribution in [0.1, 0.15) is 91.9 Å². The lowest BCUT2D eigenvalue weighted by atomic mass is 9.45. The number of hydrogen-bond donors (Lipinski definition) is 4. The molecular weight excluding hydrogens is 518 g/mol. The number of fused-ring (bicyclic) bond motifs is 5. The molecule has 3 fully saturated rings. The highest BCUT2D eigenvalue weighted by molar-refractivity contribution is 8.25. The van der Waals surface area contributed by atoms with Crippen molar-refractivity contribution in [3.63, 3.8) is 0 Å². The normalized spacial score (nSPS) is 38.1.